The summed E-state index contributed by atoms with van der Waals surface area (Å²) in [5, 5.41) is 0. The van der Waals surface area contributed by atoms with Crippen molar-refractivity contribution in [3.05, 3.63) is 24.8 Å². The van der Waals surface area contributed by atoms with Gasteiger partial charge in [0.15, 0.2) is 0 Å². The van der Waals surface area contributed by atoms with Crippen LogP contribution in [-0.4, -0.2) is 12.1 Å². The topological polar surface area (TPSA) is 26.3 Å². The first kappa shape index (κ1) is 36.7. The molecular formula is C34H62O2. The summed E-state index contributed by atoms with van der Waals surface area (Å²) in [7, 11) is 0. The minimum atomic E-state index is -0.138. The van der Waals surface area contributed by atoms with E-state index in [9.17, 15) is 4.79 Å². The van der Waals surface area contributed by atoms with Gasteiger partial charge in [-0.05, 0) is 51.4 Å². The summed E-state index contributed by atoms with van der Waals surface area (Å²) in [4.78, 5) is 11.1. The highest BCUT2D eigenvalue weighted by Crippen LogP contribution is 2.15. The van der Waals surface area contributed by atoms with E-state index in [2.05, 4.69) is 45.3 Å². The first-order chi connectivity index (χ1) is 17.6. The normalized spacial score (nSPS) is 11.3. The van der Waals surface area contributed by atoms with Gasteiger partial charge in [-0.3, -0.25) is 4.79 Å². The van der Waals surface area contributed by atoms with Crippen LogP contribution in [0.1, 0.15) is 169 Å². The van der Waals surface area contributed by atoms with E-state index in [1.54, 1.807) is 0 Å². The molecule has 36 heavy (non-hydrogen) atoms. The largest absolute Gasteiger partial charge is 0.463 e. The monoisotopic (exact) mass is 502 g/mol. The fraction of sp³-hybridized carbons (Fsp3) is 0.794. The number of hydrogen-bond donors (Lipinski definition) is 0. The van der Waals surface area contributed by atoms with Crippen molar-refractivity contribution in [2.24, 2.45) is 0 Å². The lowest BCUT2D eigenvalue weighted by Crippen LogP contribution is -2.16. The van der Waals surface area contributed by atoms with Crippen LogP contribution in [0.5, 0.6) is 0 Å². The molecule has 0 aromatic heterocycles. The molecule has 0 spiro atoms. The summed E-state index contributed by atoms with van der Waals surface area (Å²) in [6, 6.07) is 0. The molecule has 210 valence electrons. The summed E-state index contributed by atoms with van der Waals surface area (Å²) in [5.74, 6) is 6.40. The lowest BCUT2D eigenvalue weighted by molar-refractivity contribution is -0.147. The van der Waals surface area contributed by atoms with Crippen LogP contribution in [0.3, 0.4) is 0 Å². The molecule has 0 saturated heterocycles. The number of carbonyl (C=O) groups is 1. The Bertz CT molecular complexity index is 537. The summed E-state index contributed by atoms with van der Waals surface area (Å²) in [5.41, 5.74) is 0. The number of rotatable bonds is 23. The van der Waals surface area contributed by atoms with Crippen LogP contribution in [0.4, 0.5) is 0 Å². The second-order valence-corrected chi connectivity index (χ2v) is 10.1. The average molecular weight is 503 g/mol. The van der Waals surface area contributed by atoms with Crippen molar-refractivity contribution in [2.45, 2.75) is 175 Å². The van der Waals surface area contributed by atoms with Crippen LogP contribution in [0.25, 0.3) is 0 Å². The zero-order valence-electron chi connectivity index (χ0n) is 24.9. The summed E-state index contributed by atoms with van der Waals surface area (Å²) in [6.45, 7) is 11.9. The number of allylic oxidation sites excluding steroid dienone is 3. The Morgan fingerprint density at radius 1 is 0.694 bits per heavy atom. The van der Waals surface area contributed by atoms with Crippen LogP contribution in [0, 0.1) is 11.8 Å². The highest BCUT2D eigenvalue weighted by atomic mass is 16.5. The minimum Gasteiger partial charge on any atom is -0.463 e. The van der Waals surface area contributed by atoms with E-state index in [0.717, 1.165) is 38.5 Å². The Morgan fingerprint density at radius 3 is 1.75 bits per heavy atom. The second kappa shape index (κ2) is 33.5. The number of hydrogen-bond acceptors (Lipinski definition) is 2. The lowest BCUT2D eigenvalue weighted by Gasteiger charge is -2.16. The Labute approximate surface area is 227 Å². The maximum Gasteiger partial charge on any atom is 0.302 e. The summed E-state index contributed by atoms with van der Waals surface area (Å²) in [6.07, 6.45) is 33.8. The maximum atomic E-state index is 11.1. The first-order valence-electron chi connectivity index (χ1n) is 15.5. The number of esters is 1. The molecule has 0 radical (unpaired) electrons. The Hall–Kier alpha value is -1.49. The maximum absolute atomic E-state index is 11.1. The predicted molar refractivity (Wildman–Crippen MR) is 161 cm³/mol. The summed E-state index contributed by atoms with van der Waals surface area (Å²) >= 11 is 0. The lowest BCUT2D eigenvalue weighted by atomic mass is 10.0. The zero-order chi connectivity index (χ0) is 27.0. The number of ether oxygens (including phenoxy) is 1. The van der Waals surface area contributed by atoms with Gasteiger partial charge in [-0.2, -0.15) is 0 Å². The molecule has 0 heterocycles. The van der Waals surface area contributed by atoms with Crippen molar-refractivity contribution in [3.8, 4) is 11.8 Å². The van der Waals surface area contributed by atoms with Gasteiger partial charge in [-0.15, -0.1) is 11.8 Å². The molecule has 2 nitrogen and oxygen atoms in total. The van der Waals surface area contributed by atoms with E-state index in [0.29, 0.717) is 0 Å². The molecule has 0 amide bonds. The second-order valence-electron chi connectivity index (χ2n) is 10.1. The Morgan fingerprint density at radius 2 is 1.17 bits per heavy atom. The van der Waals surface area contributed by atoms with Gasteiger partial charge in [-0.1, -0.05) is 123 Å². The van der Waals surface area contributed by atoms with Crippen molar-refractivity contribution in [1.29, 1.82) is 0 Å². The predicted octanol–water partition coefficient (Wildman–Crippen LogP) is 11.3. The van der Waals surface area contributed by atoms with Crippen LogP contribution < -0.4 is 0 Å². The third kappa shape index (κ3) is 34.7. The molecule has 0 saturated carbocycles. The molecular weight excluding hydrogens is 440 g/mol. The van der Waals surface area contributed by atoms with Crippen LogP contribution in [0.2, 0.25) is 0 Å². The molecule has 0 aliphatic rings. The quantitative estimate of drug-likeness (QED) is 0.0601. The molecule has 1 unspecified atom stereocenters. The van der Waals surface area contributed by atoms with Gasteiger partial charge in [0.1, 0.15) is 6.10 Å². The van der Waals surface area contributed by atoms with Crippen LogP contribution >= 0.6 is 0 Å². The molecule has 2 heteroatoms. The SMILES string of the molecule is C=C/C=C/CCCCCCC(CCCCC)OC(C)=O.CCCCC#CCCCCCCCCCC. The third-order valence-electron chi connectivity index (χ3n) is 6.32. The van der Waals surface area contributed by atoms with Crippen LogP contribution in [-0.2, 0) is 9.53 Å². The molecule has 0 aromatic carbocycles. The van der Waals surface area contributed by atoms with E-state index in [1.807, 2.05) is 12.2 Å². The van der Waals surface area contributed by atoms with Gasteiger partial charge < -0.3 is 4.74 Å². The Balaban J connectivity index is 0. The molecule has 0 aliphatic carbocycles. The van der Waals surface area contributed by atoms with Gasteiger partial charge in [-0.25, -0.2) is 0 Å². The van der Waals surface area contributed by atoms with Crippen molar-refractivity contribution in [2.75, 3.05) is 0 Å². The molecule has 0 aromatic rings. The third-order valence-corrected chi connectivity index (χ3v) is 6.32. The van der Waals surface area contributed by atoms with E-state index < -0.39 is 0 Å². The van der Waals surface area contributed by atoms with Crippen molar-refractivity contribution in [3.63, 3.8) is 0 Å². The molecule has 0 aliphatic heterocycles. The van der Waals surface area contributed by atoms with E-state index in [-0.39, 0.29) is 12.1 Å². The fourth-order valence-electron chi connectivity index (χ4n) is 4.09. The van der Waals surface area contributed by atoms with Gasteiger partial charge in [0.25, 0.3) is 0 Å². The van der Waals surface area contributed by atoms with Crippen molar-refractivity contribution < 1.29 is 9.53 Å². The highest BCUT2D eigenvalue weighted by Gasteiger charge is 2.11. The van der Waals surface area contributed by atoms with E-state index >= 15 is 0 Å². The fourth-order valence-corrected chi connectivity index (χ4v) is 4.09. The van der Waals surface area contributed by atoms with Gasteiger partial charge in [0.2, 0.25) is 0 Å². The zero-order valence-corrected chi connectivity index (χ0v) is 24.9. The standard InChI is InChI=1S/C18H32O2.C16H30/c1-4-6-8-9-10-11-12-14-16-18(20-17(3)19)15-13-7-5-2;1-3-5-7-9-11-13-15-16-14-12-10-8-6-4-2/h4,6,8,18H,1,5,7,9-16H2,2-3H3;3-9,11,13-16H2,1-2H3/b8-6+;. The number of unbranched alkanes of at least 4 members (excludes halogenated alkanes) is 16. The molecule has 0 rings (SSSR count). The first-order valence-corrected chi connectivity index (χ1v) is 15.5. The van der Waals surface area contributed by atoms with Crippen molar-refractivity contribution >= 4 is 5.97 Å². The molecule has 0 fully saturated rings. The molecule has 0 N–H and O–H groups in total. The Kier molecular flexibility index (Phi) is 34.1. The molecule has 1 atom stereocenters. The average Bonchev–Trinajstić information content (AvgIpc) is 2.86. The summed E-state index contributed by atoms with van der Waals surface area (Å²) < 4.78 is 5.40. The van der Waals surface area contributed by atoms with Crippen molar-refractivity contribution in [1.82, 2.24) is 0 Å². The van der Waals surface area contributed by atoms with Gasteiger partial charge >= 0.3 is 5.97 Å². The van der Waals surface area contributed by atoms with E-state index in [4.69, 9.17) is 4.74 Å². The van der Waals surface area contributed by atoms with E-state index in [1.165, 1.54) is 110 Å². The molecule has 0 bridgehead atoms. The van der Waals surface area contributed by atoms with Crippen LogP contribution in [0.15, 0.2) is 24.8 Å². The van der Waals surface area contributed by atoms with Gasteiger partial charge in [0.05, 0.1) is 0 Å². The smallest absolute Gasteiger partial charge is 0.302 e. The minimum absolute atomic E-state index is 0.138. The number of carbonyl (C=O) groups excluding carboxylic acids is 1. The highest BCUT2D eigenvalue weighted by molar-refractivity contribution is 5.66. The van der Waals surface area contributed by atoms with Gasteiger partial charge in [0, 0.05) is 19.8 Å².